The van der Waals surface area contributed by atoms with Gasteiger partial charge in [-0.25, -0.2) is 0 Å². The third-order valence-corrected chi connectivity index (χ3v) is 3.85. The third-order valence-electron chi connectivity index (χ3n) is 3.03. The van der Waals surface area contributed by atoms with Gasteiger partial charge in [-0.2, -0.15) is 0 Å². The first kappa shape index (κ1) is 15.8. The van der Waals surface area contributed by atoms with Gasteiger partial charge >= 0.3 is 0 Å². The Morgan fingerprint density at radius 2 is 1.86 bits per heavy atom. The van der Waals surface area contributed by atoms with Crippen molar-refractivity contribution in [2.24, 2.45) is 0 Å². The highest BCUT2D eigenvalue weighted by Crippen LogP contribution is 2.26. The summed E-state index contributed by atoms with van der Waals surface area (Å²) in [6, 6.07) is 12.7. The number of carbonyl (C=O) groups excluding carboxylic acids is 1. The van der Waals surface area contributed by atoms with Gasteiger partial charge in [0.1, 0.15) is 0 Å². The average Bonchev–Trinajstić information content (AvgIpc) is 2.49. The van der Waals surface area contributed by atoms with Crippen LogP contribution in [0.5, 0.6) is 0 Å². The Bertz CT molecular complexity index is 644. The molecule has 2 rings (SSSR count). The van der Waals surface area contributed by atoms with Gasteiger partial charge in [-0.15, -0.1) is 0 Å². The minimum absolute atomic E-state index is 0.265. The van der Waals surface area contributed by atoms with Crippen LogP contribution in [0.4, 0.5) is 5.69 Å². The molecule has 0 spiro atoms. The molecule has 0 heterocycles. The molecule has 2 N–H and O–H groups in total. The van der Waals surface area contributed by atoms with E-state index in [9.17, 15) is 4.79 Å². The molecule has 0 saturated heterocycles. The number of nitrogens with one attached hydrogen (secondary N) is 2. The summed E-state index contributed by atoms with van der Waals surface area (Å²) >= 11 is 12.0. The molecule has 2 aromatic rings. The van der Waals surface area contributed by atoms with Gasteiger partial charge in [0, 0.05) is 12.2 Å². The molecule has 0 aliphatic heterocycles. The molecule has 5 heteroatoms. The number of benzene rings is 2. The number of hydrogen-bond acceptors (Lipinski definition) is 2. The zero-order valence-corrected chi connectivity index (χ0v) is 13.1. The molecule has 3 nitrogen and oxygen atoms in total. The Kier molecular flexibility index (Phi) is 5.62. The van der Waals surface area contributed by atoms with Crippen molar-refractivity contribution < 1.29 is 4.79 Å². The second-order valence-corrected chi connectivity index (χ2v) is 5.28. The number of amides is 1. The Hall–Kier alpha value is -1.55. The molecule has 2 aromatic carbocycles. The van der Waals surface area contributed by atoms with Crippen LogP contribution < -0.4 is 10.6 Å². The number of anilines is 1. The lowest BCUT2D eigenvalue weighted by Gasteiger charge is -2.12. The van der Waals surface area contributed by atoms with Crippen molar-refractivity contribution in [3.8, 4) is 0 Å². The number of carbonyl (C=O) groups is 1. The van der Waals surface area contributed by atoms with Gasteiger partial charge < -0.3 is 10.6 Å². The molecule has 0 fully saturated rings. The summed E-state index contributed by atoms with van der Waals surface area (Å²) in [5.74, 6) is -0.272. The molecule has 0 saturated carbocycles. The predicted octanol–water partition coefficient (Wildman–Crippen LogP) is 4.36. The first-order chi connectivity index (χ1) is 10.1. The van der Waals surface area contributed by atoms with Crippen molar-refractivity contribution in [2.45, 2.75) is 13.5 Å². The maximum Gasteiger partial charge on any atom is 0.257 e. The van der Waals surface area contributed by atoms with E-state index in [1.54, 1.807) is 18.2 Å². The van der Waals surface area contributed by atoms with E-state index < -0.39 is 0 Å². The fourth-order valence-electron chi connectivity index (χ4n) is 1.92. The average molecular weight is 323 g/mol. The van der Waals surface area contributed by atoms with E-state index in [-0.39, 0.29) is 10.9 Å². The largest absolute Gasteiger partial charge is 0.322 e. The van der Waals surface area contributed by atoms with Gasteiger partial charge in [-0.05, 0) is 30.3 Å². The van der Waals surface area contributed by atoms with Crippen LogP contribution >= 0.6 is 23.2 Å². The van der Waals surface area contributed by atoms with Crippen LogP contribution in [-0.4, -0.2) is 12.5 Å². The van der Waals surface area contributed by atoms with Gasteiger partial charge in [-0.3, -0.25) is 4.79 Å². The zero-order chi connectivity index (χ0) is 15.2. The highest BCUT2D eigenvalue weighted by atomic mass is 35.5. The van der Waals surface area contributed by atoms with Crippen LogP contribution in [0.15, 0.2) is 42.5 Å². The first-order valence-corrected chi connectivity index (χ1v) is 7.43. The van der Waals surface area contributed by atoms with E-state index in [0.717, 1.165) is 17.8 Å². The Labute approximate surface area is 134 Å². The van der Waals surface area contributed by atoms with Crippen molar-refractivity contribution in [1.29, 1.82) is 0 Å². The Balaban J connectivity index is 2.22. The maximum atomic E-state index is 12.3. The fourth-order valence-corrected chi connectivity index (χ4v) is 2.31. The van der Waals surface area contributed by atoms with Crippen molar-refractivity contribution in [1.82, 2.24) is 5.32 Å². The summed E-state index contributed by atoms with van der Waals surface area (Å²) in [6.45, 7) is 3.59. The molecule has 0 bridgehead atoms. The number of para-hydroxylation sites is 1. The SMILES string of the molecule is CCNCc1ccccc1NC(=O)c1cccc(Cl)c1Cl. The second kappa shape index (κ2) is 7.46. The van der Waals surface area contributed by atoms with Gasteiger partial charge in [0.25, 0.3) is 5.91 Å². The van der Waals surface area contributed by atoms with Gasteiger partial charge in [-0.1, -0.05) is 54.4 Å². The lowest BCUT2D eigenvalue weighted by molar-refractivity contribution is 0.102. The maximum absolute atomic E-state index is 12.3. The van der Waals surface area contributed by atoms with E-state index in [1.807, 2.05) is 31.2 Å². The van der Waals surface area contributed by atoms with Crippen LogP contribution in [0, 0.1) is 0 Å². The molecule has 21 heavy (non-hydrogen) atoms. The summed E-state index contributed by atoms with van der Waals surface area (Å²) in [5.41, 5.74) is 2.15. The molecule has 1 amide bonds. The summed E-state index contributed by atoms with van der Waals surface area (Å²) < 4.78 is 0. The monoisotopic (exact) mass is 322 g/mol. The second-order valence-electron chi connectivity index (χ2n) is 4.49. The van der Waals surface area contributed by atoms with Crippen molar-refractivity contribution in [2.75, 3.05) is 11.9 Å². The number of hydrogen-bond donors (Lipinski definition) is 2. The molecule has 0 radical (unpaired) electrons. The first-order valence-electron chi connectivity index (χ1n) is 6.67. The smallest absolute Gasteiger partial charge is 0.257 e. The summed E-state index contributed by atoms with van der Waals surface area (Å²) in [6.07, 6.45) is 0. The van der Waals surface area contributed by atoms with Crippen molar-refractivity contribution in [3.05, 3.63) is 63.6 Å². The summed E-state index contributed by atoms with van der Waals surface area (Å²) in [4.78, 5) is 12.3. The van der Waals surface area contributed by atoms with Crippen LogP contribution in [0.1, 0.15) is 22.8 Å². The lowest BCUT2D eigenvalue weighted by atomic mass is 10.1. The van der Waals surface area contributed by atoms with Gasteiger partial charge in [0.05, 0.1) is 15.6 Å². The normalized spacial score (nSPS) is 10.4. The minimum atomic E-state index is -0.272. The Morgan fingerprint density at radius 1 is 1.10 bits per heavy atom. The third kappa shape index (κ3) is 3.97. The number of halogens is 2. The zero-order valence-electron chi connectivity index (χ0n) is 11.6. The molecule has 0 aromatic heterocycles. The van der Waals surface area contributed by atoms with Crippen molar-refractivity contribution in [3.63, 3.8) is 0 Å². The van der Waals surface area contributed by atoms with E-state index in [0.29, 0.717) is 17.1 Å². The summed E-state index contributed by atoms with van der Waals surface area (Å²) in [7, 11) is 0. The molecular formula is C16H16Cl2N2O. The quantitative estimate of drug-likeness (QED) is 0.858. The van der Waals surface area contributed by atoms with Crippen LogP contribution in [0.3, 0.4) is 0 Å². The van der Waals surface area contributed by atoms with E-state index >= 15 is 0 Å². The molecule has 0 aliphatic rings. The van der Waals surface area contributed by atoms with E-state index in [1.165, 1.54) is 0 Å². The highest BCUT2D eigenvalue weighted by molar-refractivity contribution is 6.44. The highest BCUT2D eigenvalue weighted by Gasteiger charge is 2.13. The lowest BCUT2D eigenvalue weighted by Crippen LogP contribution is -2.17. The molecule has 0 aliphatic carbocycles. The number of rotatable bonds is 5. The van der Waals surface area contributed by atoms with Crippen molar-refractivity contribution >= 4 is 34.8 Å². The van der Waals surface area contributed by atoms with E-state index in [4.69, 9.17) is 23.2 Å². The summed E-state index contributed by atoms with van der Waals surface area (Å²) in [5, 5.41) is 6.75. The van der Waals surface area contributed by atoms with Gasteiger partial charge in [0.15, 0.2) is 0 Å². The van der Waals surface area contributed by atoms with Crippen LogP contribution in [0.25, 0.3) is 0 Å². The predicted molar refractivity (Wildman–Crippen MR) is 88.2 cm³/mol. The molecule has 0 unspecified atom stereocenters. The minimum Gasteiger partial charge on any atom is -0.322 e. The topological polar surface area (TPSA) is 41.1 Å². The van der Waals surface area contributed by atoms with E-state index in [2.05, 4.69) is 10.6 Å². The van der Waals surface area contributed by atoms with Crippen LogP contribution in [0.2, 0.25) is 10.0 Å². The fraction of sp³-hybridized carbons (Fsp3) is 0.188. The van der Waals surface area contributed by atoms with Crippen LogP contribution in [-0.2, 0) is 6.54 Å². The molecule has 0 atom stereocenters. The van der Waals surface area contributed by atoms with Gasteiger partial charge in [0.2, 0.25) is 0 Å². The molecular weight excluding hydrogens is 307 g/mol. The Morgan fingerprint density at radius 3 is 2.62 bits per heavy atom. The standard InChI is InChI=1S/C16H16Cl2N2O/c1-2-19-10-11-6-3-4-9-14(11)20-16(21)12-7-5-8-13(17)15(12)18/h3-9,19H,2,10H2,1H3,(H,20,21). The molecule has 110 valence electrons.